The third-order valence-corrected chi connectivity index (χ3v) is 7.07. The number of nitrogens with one attached hydrogen (secondary N) is 1. The number of fused-ring (bicyclic) bond motifs is 3. The highest BCUT2D eigenvalue weighted by Gasteiger charge is 2.54. The van der Waals surface area contributed by atoms with Gasteiger partial charge >= 0.3 is 0 Å². The lowest BCUT2D eigenvalue weighted by Crippen LogP contribution is -2.55. The predicted molar refractivity (Wildman–Crippen MR) is 121 cm³/mol. The molecule has 1 amide bonds. The van der Waals surface area contributed by atoms with Gasteiger partial charge in [-0.25, -0.2) is 0 Å². The molecule has 2 unspecified atom stereocenters. The summed E-state index contributed by atoms with van der Waals surface area (Å²) in [7, 11) is 0. The largest absolute Gasteiger partial charge is 0.487 e. The van der Waals surface area contributed by atoms with Crippen molar-refractivity contribution in [2.24, 2.45) is 5.92 Å². The number of amides is 1. The van der Waals surface area contributed by atoms with E-state index in [1.165, 1.54) is 38.2 Å². The van der Waals surface area contributed by atoms with E-state index in [1.807, 2.05) is 6.08 Å². The SMILES string of the molecule is CCCCCCC(C)(C)c1ccc2c(c1)OC(C)(C)C1CC=C(NC(C)=O)CC21O. The first-order valence-corrected chi connectivity index (χ1v) is 11.5. The van der Waals surface area contributed by atoms with Gasteiger partial charge in [-0.1, -0.05) is 64.7 Å². The fraction of sp³-hybridized carbons (Fsp3) is 0.654. The number of hydrogen-bond acceptors (Lipinski definition) is 3. The molecule has 1 aromatic carbocycles. The van der Waals surface area contributed by atoms with Crippen LogP contribution in [-0.4, -0.2) is 16.6 Å². The highest BCUT2D eigenvalue weighted by atomic mass is 16.5. The van der Waals surface area contributed by atoms with Crippen LogP contribution >= 0.6 is 0 Å². The van der Waals surface area contributed by atoms with Crippen molar-refractivity contribution < 1.29 is 14.6 Å². The molecule has 0 bridgehead atoms. The Morgan fingerprint density at radius 1 is 1.27 bits per heavy atom. The topological polar surface area (TPSA) is 58.6 Å². The summed E-state index contributed by atoms with van der Waals surface area (Å²) in [5.41, 5.74) is 1.41. The molecule has 166 valence electrons. The normalized spacial score (nSPS) is 24.9. The van der Waals surface area contributed by atoms with E-state index < -0.39 is 11.2 Å². The molecule has 2 N–H and O–H groups in total. The summed E-state index contributed by atoms with van der Waals surface area (Å²) in [6, 6.07) is 6.35. The second kappa shape index (κ2) is 8.37. The van der Waals surface area contributed by atoms with Gasteiger partial charge in [-0.05, 0) is 43.7 Å². The number of ether oxygens (including phenoxy) is 1. The van der Waals surface area contributed by atoms with E-state index in [4.69, 9.17) is 4.74 Å². The minimum absolute atomic E-state index is 0.0591. The number of carbonyl (C=O) groups excluding carboxylic acids is 1. The smallest absolute Gasteiger partial charge is 0.220 e. The monoisotopic (exact) mass is 413 g/mol. The van der Waals surface area contributed by atoms with Crippen LogP contribution in [0.1, 0.15) is 97.6 Å². The Morgan fingerprint density at radius 3 is 2.67 bits per heavy atom. The highest BCUT2D eigenvalue weighted by molar-refractivity contribution is 5.75. The molecule has 0 saturated heterocycles. The van der Waals surface area contributed by atoms with Gasteiger partial charge in [0.05, 0.1) is 0 Å². The molecule has 3 rings (SSSR count). The summed E-state index contributed by atoms with van der Waals surface area (Å²) < 4.78 is 6.47. The Morgan fingerprint density at radius 2 is 2.00 bits per heavy atom. The summed E-state index contributed by atoms with van der Waals surface area (Å²) in [4.78, 5) is 11.6. The number of hydrogen-bond donors (Lipinski definition) is 2. The molecule has 2 aliphatic rings. The maximum Gasteiger partial charge on any atom is 0.220 e. The quantitative estimate of drug-likeness (QED) is 0.562. The third kappa shape index (κ3) is 4.44. The van der Waals surface area contributed by atoms with Gasteiger partial charge in [0.15, 0.2) is 0 Å². The maximum absolute atomic E-state index is 11.9. The Labute approximate surface area is 182 Å². The Balaban J connectivity index is 1.92. The van der Waals surface area contributed by atoms with Crippen LogP contribution in [0, 0.1) is 5.92 Å². The zero-order valence-electron chi connectivity index (χ0n) is 19.6. The van der Waals surface area contributed by atoms with Crippen molar-refractivity contribution in [3.05, 3.63) is 41.1 Å². The zero-order chi connectivity index (χ0) is 22.2. The first kappa shape index (κ1) is 22.9. The van der Waals surface area contributed by atoms with Crippen molar-refractivity contribution in [3.8, 4) is 5.75 Å². The summed E-state index contributed by atoms with van der Waals surface area (Å²) in [5, 5.41) is 14.8. The predicted octanol–water partition coefficient (Wildman–Crippen LogP) is 5.72. The van der Waals surface area contributed by atoms with Crippen LogP contribution in [0.3, 0.4) is 0 Å². The number of allylic oxidation sites excluding steroid dienone is 1. The van der Waals surface area contributed by atoms with Gasteiger partial charge < -0.3 is 15.2 Å². The minimum atomic E-state index is -1.05. The van der Waals surface area contributed by atoms with Gasteiger partial charge in [-0.15, -0.1) is 0 Å². The molecule has 0 fully saturated rings. The van der Waals surface area contributed by atoms with Crippen molar-refractivity contribution in [1.82, 2.24) is 5.32 Å². The number of carbonyl (C=O) groups is 1. The van der Waals surface area contributed by atoms with E-state index in [9.17, 15) is 9.90 Å². The van der Waals surface area contributed by atoms with Crippen LogP contribution in [0.15, 0.2) is 30.0 Å². The van der Waals surface area contributed by atoms with E-state index in [0.29, 0.717) is 12.8 Å². The molecule has 1 heterocycles. The molecular formula is C26H39NO3. The molecule has 0 spiro atoms. The molecule has 1 aliphatic carbocycles. The van der Waals surface area contributed by atoms with E-state index in [0.717, 1.165) is 23.4 Å². The van der Waals surface area contributed by atoms with Gasteiger partial charge in [0.25, 0.3) is 0 Å². The van der Waals surface area contributed by atoms with Gasteiger partial charge in [0.1, 0.15) is 17.0 Å². The van der Waals surface area contributed by atoms with Crippen molar-refractivity contribution in [2.75, 3.05) is 0 Å². The van der Waals surface area contributed by atoms with Crippen molar-refractivity contribution in [1.29, 1.82) is 0 Å². The molecule has 1 aliphatic heterocycles. The van der Waals surface area contributed by atoms with Crippen LogP contribution in [0.4, 0.5) is 0 Å². The molecule has 0 saturated carbocycles. The molecule has 2 atom stereocenters. The zero-order valence-corrected chi connectivity index (χ0v) is 19.6. The molecule has 0 aromatic heterocycles. The lowest BCUT2D eigenvalue weighted by Gasteiger charge is -2.52. The fourth-order valence-electron chi connectivity index (χ4n) is 5.28. The third-order valence-electron chi connectivity index (χ3n) is 7.07. The molecule has 4 heteroatoms. The van der Waals surface area contributed by atoms with E-state index >= 15 is 0 Å². The number of aliphatic hydroxyl groups is 1. The molecule has 4 nitrogen and oxygen atoms in total. The van der Waals surface area contributed by atoms with E-state index in [-0.39, 0.29) is 17.2 Å². The summed E-state index contributed by atoms with van der Waals surface area (Å²) in [6.45, 7) is 12.5. The number of unbranched alkanes of at least 4 members (excludes halogenated alkanes) is 3. The Bertz CT molecular complexity index is 824. The molecule has 30 heavy (non-hydrogen) atoms. The minimum Gasteiger partial charge on any atom is -0.487 e. The van der Waals surface area contributed by atoms with Crippen LogP contribution in [0.5, 0.6) is 5.75 Å². The highest BCUT2D eigenvalue weighted by Crippen LogP contribution is 2.54. The van der Waals surface area contributed by atoms with E-state index in [1.54, 1.807) is 0 Å². The standard InChI is InChI=1S/C26H39NO3/c1-7-8-9-10-15-24(3,4)19-11-13-21-22(16-19)30-25(5,6)23-14-12-20(27-18(2)28)17-26(21,23)29/h11-13,16,23,29H,7-10,14-15,17H2,1-6H3,(H,27,28). The number of rotatable bonds is 7. The lowest BCUT2D eigenvalue weighted by molar-refractivity contribution is -0.130. The van der Waals surface area contributed by atoms with Gasteiger partial charge in [-0.2, -0.15) is 0 Å². The molecular weight excluding hydrogens is 374 g/mol. The molecule has 1 aromatic rings. The fourth-order valence-corrected chi connectivity index (χ4v) is 5.28. The summed E-state index contributed by atoms with van der Waals surface area (Å²) in [5.74, 6) is 0.611. The first-order valence-electron chi connectivity index (χ1n) is 11.5. The van der Waals surface area contributed by atoms with Crippen LogP contribution in [-0.2, 0) is 15.8 Å². The maximum atomic E-state index is 11.9. The van der Waals surface area contributed by atoms with Gasteiger partial charge in [0, 0.05) is 30.5 Å². The lowest BCUT2D eigenvalue weighted by atomic mass is 9.64. The number of benzene rings is 1. The second-order valence-corrected chi connectivity index (χ2v) is 10.4. The van der Waals surface area contributed by atoms with Crippen molar-refractivity contribution in [2.45, 2.75) is 103 Å². The van der Waals surface area contributed by atoms with Gasteiger partial charge in [-0.3, -0.25) is 4.79 Å². The Hall–Kier alpha value is -1.81. The van der Waals surface area contributed by atoms with Crippen LogP contribution in [0.25, 0.3) is 0 Å². The summed E-state index contributed by atoms with van der Waals surface area (Å²) in [6.07, 6.45) is 9.27. The first-order chi connectivity index (χ1) is 14.0. The average molecular weight is 414 g/mol. The van der Waals surface area contributed by atoms with Crippen molar-refractivity contribution >= 4 is 5.91 Å². The Kier molecular flexibility index (Phi) is 6.38. The van der Waals surface area contributed by atoms with Crippen LogP contribution < -0.4 is 10.1 Å². The average Bonchev–Trinajstić information content (AvgIpc) is 2.63. The summed E-state index contributed by atoms with van der Waals surface area (Å²) >= 11 is 0. The van der Waals surface area contributed by atoms with Crippen LogP contribution in [0.2, 0.25) is 0 Å². The van der Waals surface area contributed by atoms with Gasteiger partial charge in [0.2, 0.25) is 5.91 Å². The van der Waals surface area contributed by atoms with E-state index in [2.05, 4.69) is 58.1 Å². The molecule has 0 radical (unpaired) electrons. The second-order valence-electron chi connectivity index (χ2n) is 10.4. The van der Waals surface area contributed by atoms with Crippen molar-refractivity contribution in [3.63, 3.8) is 0 Å².